The number of rotatable bonds is 4. The molecule has 3 aromatic rings. The largest absolute Gasteiger partial charge is 0.389 e. The van der Waals surface area contributed by atoms with Crippen molar-refractivity contribution in [2.24, 2.45) is 7.05 Å². The maximum atomic E-state index is 13.3. The summed E-state index contributed by atoms with van der Waals surface area (Å²) in [6.45, 7) is 0. The van der Waals surface area contributed by atoms with E-state index in [9.17, 15) is 22.4 Å². The summed E-state index contributed by atoms with van der Waals surface area (Å²) in [4.78, 5) is 23.0. The van der Waals surface area contributed by atoms with Crippen molar-refractivity contribution in [3.63, 3.8) is 0 Å². The first-order valence-corrected chi connectivity index (χ1v) is 8.64. The molecule has 0 amide bonds. The summed E-state index contributed by atoms with van der Waals surface area (Å²) in [5.41, 5.74) is 0.143. The molecule has 2 heterocycles. The molecule has 2 aromatic heterocycles. The maximum absolute atomic E-state index is 13.3. The molecule has 1 N–H and O–H groups in total. The molecule has 0 bridgehead atoms. The van der Waals surface area contributed by atoms with E-state index in [0.717, 1.165) is 11.8 Å². The van der Waals surface area contributed by atoms with Gasteiger partial charge >= 0.3 is 6.18 Å². The number of aryl methyl sites for hydroxylation is 1. The Balaban J connectivity index is 1.99. The molecule has 0 aliphatic heterocycles. The number of nitrogens with zero attached hydrogens (tertiary/aromatic N) is 3. The van der Waals surface area contributed by atoms with Crippen molar-refractivity contribution in [3.05, 3.63) is 39.4 Å². The number of aromatic amines is 1. The van der Waals surface area contributed by atoms with Crippen molar-refractivity contribution in [1.82, 2.24) is 19.5 Å². The number of H-pyrrole nitrogens is 1. The molecular weight excluding hydrogens is 396 g/mol. The first-order valence-electron chi connectivity index (χ1n) is 7.27. The van der Waals surface area contributed by atoms with E-state index in [1.54, 1.807) is 7.05 Å². The number of imidazole rings is 1. The van der Waals surface area contributed by atoms with Crippen LogP contribution >= 0.6 is 23.4 Å². The van der Waals surface area contributed by atoms with Gasteiger partial charge in [0.15, 0.2) is 16.3 Å². The number of hydrogen-bond acceptors (Lipinski definition) is 4. The Bertz CT molecular complexity index is 1030. The van der Waals surface area contributed by atoms with E-state index in [1.165, 1.54) is 22.8 Å². The molecule has 0 saturated heterocycles. The summed E-state index contributed by atoms with van der Waals surface area (Å²) in [7, 11) is 1.60. The fraction of sp³-hybridized carbons (Fsp3) is 0.267. The van der Waals surface area contributed by atoms with Gasteiger partial charge in [-0.3, -0.25) is 9.78 Å². The molecule has 0 saturated carbocycles. The Kier molecular flexibility index (Phi) is 4.98. The zero-order valence-corrected chi connectivity index (χ0v) is 14.8. The number of nitrogens with one attached hydrogen (secondary N) is 1. The fourth-order valence-electron chi connectivity index (χ4n) is 2.28. The molecule has 0 unspecified atom stereocenters. The quantitative estimate of drug-likeness (QED) is 0.401. The van der Waals surface area contributed by atoms with Crippen molar-refractivity contribution in [1.29, 1.82) is 0 Å². The second kappa shape index (κ2) is 6.92. The molecule has 0 aliphatic carbocycles. The van der Waals surface area contributed by atoms with Gasteiger partial charge in [0.25, 0.3) is 5.56 Å². The predicted molar refractivity (Wildman–Crippen MR) is 90.9 cm³/mol. The molecule has 0 radical (unpaired) electrons. The van der Waals surface area contributed by atoms with Crippen LogP contribution in [0.4, 0.5) is 17.6 Å². The van der Waals surface area contributed by atoms with Crippen LogP contribution in [0.15, 0.2) is 28.2 Å². The highest BCUT2D eigenvalue weighted by Gasteiger charge is 2.26. The summed E-state index contributed by atoms with van der Waals surface area (Å²) in [6, 6.07) is 3.99. The third-order valence-corrected chi connectivity index (χ3v) is 4.67. The minimum atomic E-state index is -4.28. The SMILES string of the molecule is Cn1c(-c2ccc(F)c(Cl)c2)nc2c(=O)[nH]c(SCCC(F)(F)F)nc21. The Hall–Kier alpha value is -2.07. The van der Waals surface area contributed by atoms with Gasteiger partial charge in [0.2, 0.25) is 0 Å². The monoisotopic (exact) mass is 406 g/mol. The number of benzene rings is 1. The van der Waals surface area contributed by atoms with Gasteiger partial charge in [-0.05, 0) is 18.2 Å². The summed E-state index contributed by atoms with van der Waals surface area (Å²) < 4.78 is 51.6. The van der Waals surface area contributed by atoms with Crippen LogP contribution in [-0.2, 0) is 7.05 Å². The van der Waals surface area contributed by atoms with Crippen LogP contribution < -0.4 is 5.56 Å². The van der Waals surface area contributed by atoms with E-state index < -0.39 is 24.0 Å². The first kappa shape index (κ1) is 18.7. The van der Waals surface area contributed by atoms with Gasteiger partial charge in [0.05, 0.1) is 11.4 Å². The number of halogens is 5. The van der Waals surface area contributed by atoms with E-state index >= 15 is 0 Å². The van der Waals surface area contributed by atoms with E-state index in [2.05, 4.69) is 15.0 Å². The van der Waals surface area contributed by atoms with E-state index in [-0.39, 0.29) is 27.1 Å². The third-order valence-electron chi connectivity index (χ3n) is 3.51. The van der Waals surface area contributed by atoms with Gasteiger partial charge in [-0.2, -0.15) is 13.2 Å². The molecule has 0 fully saturated rings. The van der Waals surface area contributed by atoms with Crippen molar-refractivity contribution in [2.45, 2.75) is 17.8 Å². The smallest absolute Gasteiger partial charge is 0.312 e. The van der Waals surface area contributed by atoms with E-state index in [1.807, 2.05) is 0 Å². The van der Waals surface area contributed by atoms with Crippen LogP contribution in [-0.4, -0.2) is 31.4 Å². The highest BCUT2D eigenvalue weighted by atomic mass is 35.5. The predicted octanol–water partition coefficient (Wildman–Crippen LogP) is 4.16. The van der Waals surface area contributed by atoms with Crippen LogP contribution in [0.25, 0.3) is 22.6 Å². The van der Waals surface area contributed by atoms with E-state index in [0.29, 0.717) is 11.4 Å². The second-order valence-electron chi connectivity index (χ2n) is 5.38. The normalized spacial score (nSPS) is 12.1. The van der Waals surface area contributed by atoms with Crippen LogP contribution in [0.1, 0.15) is 6.42 Å². The molecular formula is C15H11ClF4N4OS. The molecule has 26 heavy (non-hydrogen) atoms. The average Bonchev–Trinajstić information content (AvgIpc) is 2.87. The lowest BCUT2D eigenvalue weighted by Crippen LogP contribution is -2.11. The van der Waals surface area contributed by atoms with Gasteiger partial charge in [0.1, 0.15) is 11.6 Å². The van der Waals surface area contributed by atoms with Gasteiger partial charge in [-0.15, -0.1) is 0 Å². The summed E-state index contributed by atoms with van der Waals surface area (Å²) in [5, 5.41) is -0.0294. The lowest BCUT2D eigenvalue weighted by molar-refractivity contribution is -0.129. The number of fused-ring (bicyclic) bond motifs is 1. The number of aromatic nitrogens is 4. The van der Waals surface area contributed by atoms with Gasteiger partial charge in [-0.1, -0.05) is 23.4 Å². The molecule has 11 heteroatoms. The summed E-state index contributed by atoms with van der Waals surface area (Å²) in [6.07, 6.45) is -5.27. The highest BCUT2D eigenvalue weighted by molar-refractivity contribution is 7.99. The number of thioether (sulfide) groups is 1. The van der Waals surface area contributed by atoms with Crippen LogP contribution in [0.2, 0.25) is 5.02 Å². The molecule has 138 valence electrons. The van der Waals surface area contributed by atoms with E-state index in [4.69, 9.17) is 11.6 Å². The molecule has 1 aromatic carbocycles. The number of hydrogen-bond donors (Lipinski definition) is 1. The van der Waals surface area contributed by atoms with Gasteiger partial charge in [0, 0.05) is 18.4 Å². The van der Waals surface area contributed by atoms with Crippen LogP contribution in [0, 0.1) is 5.82 Å². The molecule has 0 aliphatic rings. The topological polar surface area (TPSA) is 63.6 Å². The van der Waals surface area contributed by atoms with Crippen molar-refractivity contribution < 1.29 is 17.6 Å². The van der Waals surface area contributed by atoms with Crippen molar-refractivity contribution >= 4 is 34.5 Å². The lowest BCUT2D eigenvalue weighted by Gasteiger charge is -2.05. The Morgan fingerprint density at radius 1 is 1.31 bits per heavy atom. The molecule has 0 spiro atoms. The van der Waals surface area contributed by atoms with Crippen LogP contribution in [0.5, 0.6) is 0 Å². The molecule has 0 atom stereocenters. The summed E-state index contributed by atoms with van der Waals surface area (Å²) >= 11 is 6.57. The Labute approximate surface area is 153 Å². The minimum absolute atomic E-state index is 0.0307. The van der Waals surface area contributed by atoms with Gasteiger partial charge in [-0.25, -0.2) is 14.4 Å². The standard InChI is InChI=1S/C15H11ClF4N4OS/c1-24-11(7-2-3-9(17)8(16)6-7)21-10-12(24)22-14(23-13(10)25)26-5-4-15(18,19)20/h2-3,6H,4-5H2,1H3,(H,22,23,25). The third kappa shape index (κ3) is 3.85. The lowest BCUT2D eigenvalue weighted by atomic mass is 10.2. The zero-order chi connectivity index (χ0) is 19.1. The molecule has 5 nitrogen and oxygen atoms in total. The first-order chi connectivity index (χ1) is 12.2. The Morgan fingerprint density at radius 2 is 2.04 bits per heavy atom. The Morgan fingerprint density at radius 3 is 2.69 bits per heavy atom. The minimum Gasteiger partial charge on any atom is -0.312 e. The zero-order valence-electron chi connectivity index (χ0n) is 13.2. The van der Waals surface area contributed by atoms with Crippen molar-refractivity contribution in [2.75, 3.05) is 5.75 Å². The second-order valence-corrected chi connectivity index (χ2v) is 6.87. The fourth-order valence-corrected chi connectivity index (χ4v) is 3.30. The molecule has 3 rings (SSSR count). The number of alkyl halides is 3. The van der Waals surface area contributed by atoms with Crippen LogP contribution in [0.3, 0.4) is 0 Å². The summed E-state index contributed by atoms with van der Waals surface area (Å²) in [5.74, 6) is -0.526. The van der Waals surface area contributed by atoms with Crippen molar-refractivity contribution in [3.8, 4) is 11.4 Å². The maximum Gasteiger partial charge on any atom is 0.389 e. The highest BCUT2D eigenvalue weighted by Crippen LogP contribution is 2.27. The van der Waals surface area contributed by atoms with Gasteiger partial charge < -0.3 is 4.57 Å². The average molecular weight is 407 g/mol.